The molecule has 3 aromatic carbocycles. The van der Waals surface area contributed by atoms with Crippen LogP contribution in [0.25, 0.3) is 0 Å². The third-order valence-corrected chi connectivity index (χ3v) is 7.17. The normalized spacial score (nSPS) is 14.5. The van der Waals surface area contributed by atoms with Gasteiger partial charge in [-0.15, -0.1) is 0 Å². The molecular weight excluding hydrogens is 507 g/mol. The summed E-state index contributed by atoms with van der Waals surface area (Å²) in [5, 5.41) is 4.44. The van der Waals surface area contributed by atoms with E-state index in [1.807, 2.05) is 42.5 Å². The highest BCUT2D eigenvalue weighted by Crippen LogP contribution is 2.21. The molecule has 1 fully saturated rings. The van der Waals surface area contributed by atoms with Crippen LogP contribution in [0.4, 0.5) is 0 Å². The molecule has 0 bridgehead atoms. The summed E-state index contributed by atoms with van der Waals surface area (Å²) in [5.74, 6) is 0.129. The SMILES string of the molecule is O=C(NC1CCCCC1)[C@H](Cc1ccccc1)N(Cc1ccc(Cl)cc1)C(=O)COc1ccc(Cl)cc1. The molecule has 194 valence electrons. The molecule has 37 heavy (non-hydrogen) atoms. The maximum atomic E-state index is 13.7. The molecule has 0 spiro atoms. The molecular formula is C30H32Cl2N2O3. The Morgan fingerprint density at radius 3 is 2.11 bits per heavy atom. The van der Waals surface area contributed by atoms with Gasteiger partial charge in [-0.2, -0.15) is 0 Å². The monoisotopic (exact) mass is 538 g/mol. The molecule has 1 N–H and O–H groups in total. The Morgan fingerprint density at radius 2 is 1.46 bits per heavy atom. The third-order valence-electron chi connectivity index (χ3n) is 6.66. The predicted octanol–water partition coefficient (Wildman–Crippen LogP) is 6.46. The van der Waals surface area contributed by atoms with Crippen LogP contribution in [0.5, 0.6) is 5.75 Å². The summed E-state index contributed by atoms with van der Waals surface area (Å²) in [6, 6.07) is 23.4. The standard InChI is InChI=1S/C30H32Cl2N2O3/c31-24-13-11-23(12-14-24)20-34(29(35)21-37-27-17-15-25(32)16-18-27)28(19-22-7-3-1-4-8-22)30(36)33-26-9-5-2-6-10-26/h1,3-4,7-8,11-18,26,28H,2,5-6,9-10,19-21H2,(H,33,36)/t28-/m0/s1. The lowest BCUT2D eigenvalue weighted by Gasteiger charge is -2.33. The van der Waals surface area contributed by atoms with E-state index < -0.39 is 6.04 Å². The Balaban J connectivity index is 1.59. The minimum atomic E-state index is -0.693. The van der Waals surface area contributed by atoms with Crippen molar-refractivity contribution in [2.75, 3.05) is 6.61 Å². The number of hydrogen-bond donors (Lipinski definition) is 1. The summed E-state index contributed by atoms with van der Waals surface area (Å²) >= 11 is 12.1. The number of carbonyl (C=O) groups is 2. The summed E-state index contributed by atoms with van der Waals surface area (Å²) in [6.07, 6.45) is 5.75. The van der Waals surface area contributed by atoms with Gasteiger partial charge in [-0.25, -0.2) is 0 Å². The Hall–Kier alpha value is -3.02. The number of hydrogen-bond acceptors (Lipinski definition) is 3. The van der Waals surface area contributed by atoms with E-state index in [2.05, 4.69) is 5.32 Å². The molecule has 0 unspecified atom stereocenters. The molecule has 1 saturated carbocycles. The summed E-state index contributed by atoms with van der Waals surface area (Å²) in [6.45, 7) is 0.0623. The molecule has 1 aliphatic rings. The molecule has 0 heterocycles. The fourth-order valence-corrected chi connectivity index (χ4v) is 4.90. The number of halogens is 2. The fraction of sp³-hybridized carbons (Fsp3) is 0.333. The van der Waals surface area contributed by atoms with Gasteiger partial charge in [0.1, 0.15) is 11.8 Å². The van der Waals surface area contributed by atoms with E-state index in [1.165, 1.54) is 6.42 Å². The van der Waals surface area contributed by atoms with Gasteiger partial charge in [0.05, 0.1) is 0 Å². The van der Waals surface area contributed by atoms with E-state index in [4.69, 9.17) is 27.9 Å². The van der Waals surface area contributed by atoms with Crippen LogP contribution in [-0.4, -0.2) is 35.4 Å². The van der Waals surface area contributed by atoms with Crippen LogP contribution in [-0.2, 0) is 22.6 Å². The topological polar surface area (TPSA) is 58.6 Å². The highest BCUT2D eigenvalue weighted by Gasteiger charge is 2.32. The van der Waals surface area contributed by atoms with Crippen molar-refractivity contribution in [3.8, 4) is 5.75 Å². The van der Waals surface area contributed by atoms with E-state index in [0.717, 1.165) is 36.8 Å². The lowest BCUT2D eigenvalue weighted by Crippen LogP contribution is -2.53. The second-order valence-electron chi connectivity index (χ2n) is 9.44. The maximum absolute atomic E-state index is 13.7. The van der Waals surface area contributed by atoms with Crippen LogP contribution in [0.2, 0.25) is 10.0 Å². The van der Waals surface area contributed by atoms with E-state index in [0.29, 0.717) is 22.2 Å². The minimum Gasteiger partial charge on any atom is -0.484 e. The van der Waals surface area contributed by atoms with Gasteiger partial charge in [0.2, 0.25) is 5.91 Å². The molecule has 5 nitrogen and oxygen atoms in total. The molecule has 0 saturated heterocycles. The van der Waals surface area contributed by atoms with Crippen molar-refractivity contribution in [3.05, 3.63) is 100 Å². The molecule has 0 radical (unpaired) electrons. The third kappa shape index (κ3) is 8.24. The smallest absolute Gasteiger partial charge is 0.261 e. The number of nitrogens with one attached hydrogen (secondary N) is 1. The zero-order chi connectivity index (χ0) is 26.0. The molecule has 0 aromatic heterocycles. The number of rotatable bonds is 10. The van der Waals surface area contributed by atoms with E-state index >= 15 is 0 Å². The fourth-order valence-electron chi connectivity index (χ4n) is 4.64. The van der Waals surface area contributed by atoms with Crippen LogP contribution in [0, 0.1) is 0 Å². The molecule has 2 amide bonds. The Labute approximate surface area is 228 Å². The van der Waals surface area contributed by atoms with Gasteiger partial charge in [-0.05, 0) is 60.4 Å². The zero-order valence-corrected chi connectivity index (χ0v) is 22.3. The second kappa shape index (κ2) is 13.5. The average Bonchev–Trinajstić information content (AvgIpc) is 2.92. The summed E-state index contributed by atoms with van der Waals surface area (Å²) in [5.41, 5.74) is 1.87. The summed E-state index contributed by atoms with van der Waals surface area (Å²) < 4.78 is 5.79. The van der Waals surface area contributed by atoms with Crippen molar-refractivity contribution < 1.29 is 14.3 Å². The van der Waals surface area contributed by atoms with Crippen molar-refractivity contribution in [1.29, 1.82) is 0 Å². The first-order valence-electron chi connectivity index (χ1n) is 12.7. The van der Waals surface area contributed by atoms with Crippen LogP contribution >= 0.6 is 23.2 Å². The quantitative estimate of drug-likeness (QED) is 0.322. The Bertz CT molecular complexity index is 1150. The summed E-state index contributed by atoms with van der Waals surface area (Å²) in [4.78, 5) is 29.0. The second-order valence-corrected chi connectivity index (χ2v) is 10.3. The lowest BCUT2D eigenvalue weighted by atomic mass is 9.94. The van der Waals surface area contributed by atoms with Gasteiger partial charge in [0.25, 0.3) is 5.91 Å². The first kappa shape index (κ1) is 27.0. The van der Waals surface area contributed by atoms with Gasteiger partial charge < -0.3 is 15.0 Å². The van der Waals surface area contributed by atoms with E-state index in [9.17, 15) is 9.59 Å². The number of ether oxygens (including phenoxy) is 1. The molecule has 7 heteroatoms. The van der Waals surface area contributed by atoms with Crippen molar-refractivity contribution in [2.24, 2.45) is 0 Å². The van der Waals surface area contributed by atoms with E-state index in [-0.39, 0.29) is 31.0 Å². The van der Waals surface area contributed by atoms with Crippen molar-refractivity contribution >= 4 is 35.0 Å². The molecule has 0 aliphatic heterocycles. The van der Waals surface area contributed by atoms with Crippen LogP contribution in [0.3, 0.4) is 0 Å². The number of benzene rings is 3. The maximum Gasteiger partial charge on any atom is 0.261 e. The summed E-state index contributed by atoms with van der Waals surface area (Å²) in [7, 11) is 0. The largest absolute Gasteiger partial charge is 0.484 e. The van der Waals surface area contributed by atoms with Crippen LogP contribution < -0.4 is 10.1 Å². The molecule has 3 aromatic rings. The molecule has 1 atom stereocenters. The molecule has 1 aliphatic carbocycles. The average molecular weight is 540 g/mol. The number of carbonyl (C=O) groups excluding carboxylic acids is 2. The van der Waals surface area contributed by atoms with Gasteiger partial charge in [-0.3, -0.25) is 9.59 Å². The Kier molecular flexibility index (Phi) is 9.86. The van der Waals surface area contributed by atoms with Crippen LogP contribution in [0.1, 0.15) is 43.2 Å². The predicted molar refractivity (Wildman–Crippen MR) is 148 cm³/mol. The highest BCUT2D eigenvalue weighted by molar-refractivity contribution is 6.30. The van der Waals surface area contributed by atoms with E-state index in [1.54, 1.807) is 41.3 Å². The zero-order valence-electron chi connectivity index (χ0n) is 20.7. The van der Waals surface area contributed by atoms with Gasteiger partial charge in [-0.1, -0.05) is 84.9 Å². The lowest BCUT2D eigenvalue weighted by molar-refractivity contribution is -0.143. The highest BCUT2D eigenvalue weighted by atomic mass is 35.5. The first-order valence-corrected chi connectivity index (χ1v) is 13.5. The van der Waals surface area contributed by atoms with Crippen molar-refractivity contribution in [3.63, 3.8) is 0 Å². The van der Waals surface area contributed by atoms with Crippen LogP contribution in [0.15, 0.2) is 78.9 Å². The van der Waals surface area contributed by atoms with Gasteiger partial charge >= 0.3 is 0 Å². The Morgan fingerprint density at radius 1 is 0.838 bits per heavy atom. The minimum absolute atomic E-state index is 0.135. The van der Waals surface area contributed by atoms with Crippen molar-refractivity contribution in [1.82, 2.24) is 10.2 Å². The number of amides is 2. The first-order chi connectivity index (χ1) is 18.0. The van der Waals surface area contributed by atoms with Gasteiger partial charge in [0, 0.05) is 29.1 Å². The van der Waals surface area contributed by atoms with Gasteiger partial charge in [0.15, 0.2) is 6.61 Å². The van der Waals surface area contributed by atoms with Crippen molar-refractivity contribution in [2.45, 2.75) is 57.2 Å². The number of nitrogens with zero attached hydrogens (tertiary/aromatic N) is 1. The molecule has 4 rings (SSSR count).